The molecule has 0 aliphatic carbocycles. The van der Waals surface area contributed by atoms with Crippen LogP contribution in [-0.2, 0) is 60.8 Å². The van der Waals surface area contributed by atoms with Gasteiger partial charge >= 0.3 is 0 Å². The number of carbonyl (C=O) groups excluding carboxylic acids is 10. The average Bonchev–Trinajstić information content (AvgIpc) is 3.87. The van der Waals surface area contributed by atoms with Gasteiger partial charge in [0.1, 0.15) is 36.3 Å². The van der Waals surface area contributed by atoms with Crippen LogP contribution in [0.2, 0.25) is 0 Å². The van der Waals surface area contributed by atoms with Crippen LogP contribution < -0.4 is 65.1 Å². The number of carbonyl (C=O) groups is 10. The first-order chi connectivity index (χ1) is 34.2. The number of imidazole rings is 1. The van der Waals surface area contributed by atoms with Gasteiger partial charge in [-0.2, -0.15) is 0 Å². The molecule has 2 rings (SSSR count). The molecule has 0 spiro atoms. The van der Waals surface area contributed by atoms with Gasteiger partial charge in [-0.25, -0.2) is 4.98 Å². The standard InChI is InChI=1S/C47H76N14O11/c1-6-17-52-38(64)21-31(49)41(66)60-36(25-62)46(71)59-35(20-30-22-51-26-55-30)45(70)57-33(18-27(3)4)43(68)58-34(19-29-13-9-8-10-14-29)44(69)56-32(15-11-12-16-48)42(67)54-24-39(65)61-40(28(5)7-2)47(72)53-23-37(50)63/h8-10,13-14,22,26-28,31-36,40,62H,6-7,11-12,15-21,23-25,48-49H2,1-5H3,(H2,50,63)(H,51,55)(H,52,64)(H,53,72)(H,54,67)(H,56,69)(H,57,70)(H,58,68)(H,59,71)(H,60,66)(H,61,65)/t28-,31-,32-,33-,34-,35-,36-,40-/m0/s1. The molecule has 25 nitrogen and oxygen atoms in total. The maximum atomic E-state index is 14.3. The minimum absolute atomic E-state index is 0.0535. The SMILES string of the molecule is CCCNC(=O)C[C@H](N)C(=O)N[C@@H](CO)C(=O)N[C@@H](Cc1cnc[nH]1)C(=O)N[C@@H](CC(C)C)C(=O)N[C@@H](Cc1ccccc1)C(=O)N[C@@H](CCCCN)C(=O)NCC(=O)N[C@H](C(=O)NCC(N)=O)[C@@H](C)CC. The second-order valence-corrected chi connectivity index (χ2v) is 17.9. The number of aliphatic hydroxyl groups excluding tert-OH is 1. The average molecular weight is 1010 g/mol. The van der Waals surface area contributed by atoms with Crippen molar-refractivity contribution < 1.29 is 53.1 Å². The number of amides is 10. The number of rotatable bonds is 34. The van der Waals surface area contributed by atoms with Crippen molar-refractivity contribution >= 4 is 59.1 Å². The van der Waals surface area contributed by atoms with Gasteiger partial charge in [0.05, 0.1) is 38.5 Å². The van der Waals surface area contributed by atoms with E-state index in [-0.39, 0.29) is 50.5 Å². The van der Waals surface area contributed by atoms with Gasteiger partial charge in [-0.15, -0.1) is 0 Å². The van der Waals surface area contributed by atoms with Gasteiger partial charge in [0.2, 0.25) is 59.1 Å². The zero-order valence-electron chi connectivity index (χ0n) is 41.8. The van der Waals surface area contributed by atoms with Crippen molar-refractivity contribution in [2.24, 2.45) is 29.0 Å². The Morgan fingerprint density at radius 3 is 1.82 bits per heavy atom. The first-order valence-corrected chi connectivity index (χ1v) is 24.2. The van der Waals surface area contributed by atoms with E-state index in [2.05, 4.69) is 57.8 Å². The van der Waals surface area contributed by atoms with Crippen molar-refractivity contribution in [2.45, 2.75) is 135 Å². The molecule has 1 aromatic carbocycles. The van der Waals surface area contributed by atoms with Crippen molar-refractivity contribution in [3.8, 4) is 0 Å². The van der Waals surface area contributed by atoms with E-state index >= 15 is 0 Å². The molecule has 8 atom stereocenters. The van der Waals surface area contributed by atoms with Crippen molar-refractivity contribution in [1.82, 2.24) is 57.8 Å². The van der Waals surface area contributed by atoms with Crippen molar-refractivity contribution in [2.75, 3.05) is 32.8 Å². The summed E-state index contributed by atoms with van der Waals surface area (Å²) in [6, 6.07) is -0.579. The number of nitrogens with zero attached hydrogens (tertiary/aromatic N) is 1. The monoisotopic (exact) mass is 1010 g/mol. The number of nitrogens with one attached hydrogen (secondary N) is 10. The molecule has 72 heavy (non-hydrogen) atoms. The van der Waals surface area contributed by atoms with Crippen molar-refractivity contribution in [3.05, 3.63) is 54.1 Å². The lowest BCUT2D eigenvalue weighted by atomic mass is 9.98. The summed E-state index contributed by atoms with van der Waals surface area (Å²) < 4.78 is 0. The molecule has 0 saturated carbocycles. The van der Waals surface area contributed by atoms with Crippen LogP contribution in [-0.4, -0.2) is 149 Å². The van der Waals surface area contributed by atoms with Crippen LogP contribution in [0.5, 0.6) is 0 Å². The summed E-state index contributed by atoms with van der Waals surface area (Å²) in [6.07, 6.45) is 4.28. The number of aromatic amines is 1. The van der Waals surface area contributed by atoms with Gasteiger partial charge in [-0.1, -0.05) is 71.4 Å². The minimum atomic E-state index is -1.60. The Bertz CT molecular complexity index is 2080. The van der Waals surface area contributed by atoms with Gasteiger partial charge in [0, 0.05) is 31.3 Å². The lowest BCUT2D eigenvalue weighted by molar-refractivity contribution is -0.136. The second-order valence-electron chi connectivity index (χ2n) is 17.9. The van der Waals surface area contributed by atoms with Crippen LogP contribution in [0.4, 0.5) is 0 Å². The highest BCUT2D eigenvalue weighted by molar-refractivity contribution is 5.98. The van der Waals surface area contributed by atoms with E-state index < -0.39 is 121 Å². The van der Waals surface area contributed by atoms with Gasteiger partial charge in [0.15, 0.2) is 0 Å². The summed E-state index contributed by atoms with van der Waals surface area (Å²) in [6.45, 7) is 7.69. The Morgan fingerprint density at radius 2 is 1.25 bits per heavy atom. The Hall–Kier alpha value is -6.99. The van der Waals surface area contributed by atoms with E-state index in [1.165, 1.54) is 12.5 Å². The highest BCUT2D eigenvalue weighted by atomic mass is 16.3. The summed E-state index contributed by atoms with van der Waals surface area (Å²) in [4.78, 5) is 139. The molecule has 0 aliphatic rings. The Balaban J connectivity index is 2.36. The fourth-order valence-corrected chi connectivity index (χ4v) is 7.04. The van der Waals surface area contributed by atoms with Gasteiger partial charge in [0.25, 0.3) is 0 Å². The molecule has 0 saturated heterocycles. The number of hydrogen-bond acceptors (Lipinski definition) is 14. The molecule has 10 amide bonds. The highest BCUT2D eigenvalue weighted by Gasteiger charge is 2.34. The van der Waals surface area contributed by atoms with E-state index in [4.69, 9.17) is 17.2 Å². The summed E-state index contributed by atoms with van der Waals surface area (Å²) in [5, 5.41) is 33.1. The zero-order chi connectivity index (χ0) is 53.8. The number of nitrogens with two attached hydrogens (primary N) is 3. The van der Waals surface area contributed by atoms with Crippen LogP contribution in [0.3, 0.4) is 0 Å². The number of primary amides is 1. The number of hydrogen-bond donors (Lipinski definition) is 14. The van der Waals surface area contributed by atoms with Crippen LogP contribution in [0.15, 0.2) is 42.9 Å². The van der Waals surface area contributed by atoms with Crippen LogP contribution in [0, 0.1) is 11.8 Å². The van der Waals surface area contributed by atoms with Crippen LogP contribution in [0.1, 0.15) is 90.8 Å². The van der Waals surface area contributed by atoms with E-state index in [0.29, 0.717) is 43.5 Å². The molecule has 0 unspecified atom stereocenters. The van der Waals surface area contributed by atoms with E-state index in [1.54, 1.807) is 58.0 Å². The van der Waals surface area contributed by atoms with Gasteiger partial charge in [-0.3, -0.25) is 47.9 Å². The Morgan fingerprint density at radius 1 is 0.667 bits per heavy atom. The van der Waals surface area contributed by atoms with Crippen molar-refractivity contribution in [1.29, 1.82) is 0 Å². The third-order valence-electron chi connectivity index (χ3n) is 11.2. The molecular formula is C47H76N14O11. The Kier molecular flexibility index (Phi) is 27.9. The summed E-state index contributed by atoms with van der Waals surface area (Å²) in [7, 11) is 0. The van der Waals surface area contributed by atoms with E-state index in [9.17, 15) is 53.1 Å². The molecule has 25 heteroatoms. The lowest BCUT2D eigenvalue weighted by Crippen LogP contribution is -2.60. The number of unbranched alkanes of at least 4 members (excludes halogenated alkanes) is 1. The molecule has 0 radical (unpaired) electrons. The maximum Gasteiger partial charge on any atom is 0.245 e. The largest absolute Gasteiger partial charge is 0.394 e. The normalized spacial score (nSPS) is 14.3. The molecule has 0 fully saturated rings. The molecule has 17 N–H and O–H groups in total. The highest BCUT2D eigenvalue weighted by Crippen LogP contribution is 2.12. The first kappa shape index (κ1) is 61.1. The summed E-state index contributed by atoms with van der Waals surface area (Å²) in [5.41, 5.74) is 17.8. The fraction of sp³-hybridized carbons (Fsp3) is 0.596. The molecular weight excluding hydrogens is 937 g/mol. The summed E-state index contributed by atoms with van der Waals surface area (Å²) in [5.74, 6) is -8.22. The first-order valence-electron chi connectivity index (χ1n) is 24.2. The molecule has 0 aliphatic heterocycles. The number of benzene rings is 1. The second kappa shape index (κ2) is 32.8. The molecule has 2 aromatic rings. The third-order valence-corrected chi connectivity index (χ3v) is 11.2. The number of aromatic nitrogens is 2. The quantitative estimate of drug-likeness (QED) is 0.0300. The van der Waals surface area contributed by atoms with Crippen molar-refractivity contribution in [3.63, 3.8) is 0 Å². The topological polar surface area (TPSA) is 406 Å². The third kappa shape index (κ3) is 22.8. The predicted octanol–water partition coefficient (Wildman–Crippen LogP) is -3.72. The number of aliphatic hydroxyl groups is 1. The number of H-pyrrole nitrogens is 1. The van der Waals surface area contributed by atoms with E-state index in [0.717, 1.165) is 0 Å². The molecule has 1 heterocycles. The molecule has 1 aromatic heterocycles. The van der Waals surface area contributed by atoms with Gasteiger partial charge < -0.3 is 75.1 Å². The molecule has 0 bridgehead atoms. The van der Waals surface area contributed by atoms with E-state index in [1.807, 2.05) is 6.92 Å². The van der Waals surface area contributed by atoms with Crippen LogP contribution >= 0.6 is 0 Å². The predicted molar refractivity (Wildman–Crippen MR) is 264 cm³/mol. The smallest absolute Gasteiger partial charge is 0.245 e. The lowest BCUT2D eigenvalue weighted by Gasteiger charge is -2.28. The zero-order valence-corrected chi connectivity index (χ0v) is 41.8. The minimum Gasteiger partial charge on any atom is -0.394 e. The fourth-order valence-electron chi connectivity index (χ4n) is 7.04. The maximum absolute atomic E-state index is 14.3. The van der Waals surface area contributed by atoms with Crippen LogP contribution in [0.25, 0.3) is 0 Å². The Labute approximate surface area is 419 Å². The van der Waals surface area contributed by atoms with Gasteiger partial charge in [-0.05, 0) is 56.0 Å². The summed E-state index contributed by atoms with van der Waals surface area (Å²) >= 11 is 0. The molecule has 400 valence electrons.